The van der Waals surface area contributed by atoms with Crippen LogP contribution in [0.25, 0.3) is 10.4 Å². The Labute approximate surface area is 159 Å². The van der Waals surface area contributed by atoms with E-state index in [9.17, 15) is 9.90 Å². The zero-order chi connectivity index (χ0) is 19.0. The third-order valence-electron chi connectivity index (χ3n) is 4.60. The second-order valence-corrected chi connectivity index (χ2v) is 7.76. The molecular formula is C19H18N4O3S. The van der Waals surface area contributed by atoms with Gasteiger partial charge in [-0.3, -0.25) is 0 Å². The lowest BCUT2D eigenvalue weighted by Gasteiger charge is -2.34. The number of aromatic nitrogens is 3. The maximum absolute atomic E-state index is 10.9. The fourth-order valence-corrected chi connectivity index (χ4v) is 4.03. The average Bonchev–Trinajstić information content (AvgIpc) is 3.10. The highest BCUT2D eigenvalue weighted by Crippen LogP contribution is 2.44. The number of aromatic carboxylic acids is 1. The van der Waals surface area contributed by atoms with Gasteiger partial charge >= 0.3 is 5.97 Å². The lowest BCUT2D eigenvalue weighted by molar-refractivity contribution is -0.0389. The molecule has 2 aromatic heterocycles. The van der Waals surface area contributed by atoms with E-state index in [-0.39, 0.29) is 5.56 Å². The SMILES string of the molecule is Cc1cc(Nc2ncc(C(=O)O)cn2)cc(-c2cnc(C3(O)CCC3)s2)c1. The summed E-state index contributed by atoms with van der Waals surface area (Å²) in [5.74, 6) is -0.737. The van der Waals surface area contributed by atoms with Gasteiger partial charge in [0.15, 0.2) is 0 Å². The van der Waals surface area contributed by atoms with Crippen molar-refractivity contribution in [3.63, 3.8) is 0 Å². The van der Waals surface area contributed by atoms with Crippen LogP contribution in [0.1, 0.15) is 40.2 Å². The molecule has 0 unspecified atom stereocenters. The van der Waals surface area contributed by atoms with Gasteiger partial charge in [0.1, 0.15) is 10.6 Å². The standard InChI is InChI=1S/C19H18N4O3S/c1-11-5-12(15-10-20-17(27-15)19(26)3-2-4-19)7-14(6-11)23-18-21-8-13(9-22-18)16(24)25/h5-10,26H,2-4H2,1H3,(H,24,25)(H,21,22,23). The Morgan fingerprint density at radius 1 is 1.15 bits per heavy atom. The van der Waals surface area contributed by atoms with Crippen LogP contribution in [0, 0.1) is 6.92 Å². The van der Waals surface area contributed by atoms with Crippen LogP contribution < -0.4 is 5.32 Å². The maximum atomic E-state index is 10.9. The molecule has 0 radical (unpaired) electrons. The highest BCUT2D eigenvalue weighted by molar-refractivity contribution is 7.15. The second-order valence-electron chi connectivity index (χ2n) is 6.73. The largest absolute Gasteiger partial charge is 0.478 e. The van der Waals surface area contributed by atoms with Gasteiger partial charge in [-0.25, -0.2) is 19.7 Å². The van der Waals surface area contributed by atoms with Crippen LogP contribution in [-0.2, 0) is 5.60 Å². The Kier molecular flexibility index (Phi) is 4.37. The van der Waals surface area contributed by atoms with Gasteiger partial charge in [0.05, 0.1) is 10.4 Å². The molecule has 1 fully saturated rings. The van der Waals surface area contributed by atoms with Crippen molar-refractivity contribution >= 4 is 28.9 Å². The van der Waals surface area contributed by atoms with E-state index in [0.29, 0.717) is 5.95 Å². The molecule has 1 aromatic carbocycles. The molecule has 0 spiro atoms. The van der Waals surface area contributed by atoms with Gasteiger partial charge in [-0.05, 0) is 49.4 Å². The Morgan fingerprint density at radius 2 is 1.89 bits per heavy atom. The summed E-state index contributed by atoms with van der Waals surface area (Å²) in [4.78, 5) is 24.4. The molecule has 3 N–H and O–H groups in total. The minimum absolute atomic E-state index is 0.0385. The summed E-state index contributed by atoms with van der Waals surface area (Å²) >= 11 is 1.51. The van der Waals surface area contributed by atoms with Crippen molar-refractivity contribution in [3.05, 3.63) is 52.9 Å². The third-order valence-corrected chi connectivity index (χ3v) is 5.84. The minimum Gasteiger partial charge on any atom is -0.478 e. The van der Waals surface area contributed by atoms with E-state index < -0.39 is 11.6 Å². The fourth-order valence-electron chi connectivity index (χ4n) is 2.98. The number of nitrogens with zero attached hydrogens (tertiary/aromatic N) is 3. The number of carboxylic acid groups (broad SMARTS) is 1. The number of thiazole rings is 1. The fraction of sp³-hybridized carbons (Fsp3) is 0.263. The predicted octanol–water partition coefficient (Wildman–Crippen LogP) is 3.72. The van der Waals surface area contributed by atoms with Crippen molar-refractivity contribution in [2.45, 2.75) is 31.8 Å². The summed E-state index contributed by atoms with van der Waals surface area (Å²) in [5, 5.41) is 23.3. The molecule has 138 valence electrons. The van der Waals surface area contributed by atoms with Crippen LogP contribution in [0.3, 0.4) is 0 Å². The number of carbonyl (C=O) groups is 1. The molecule has 0 amide bonds. The molecule has 0 aliphatic heterocycles. The van der Waals surface area contributed by atoms with E-state index in [0.717, 1.165) is 46.0 Å². The van der Waals surface area contributed by atoms with E-state index >= 15 is 0 Å². The van der Waals surface area contributed by atoms with Gasteiger partial charge in [-0.1, -0.05) is 6.07 Å². The van der Waals surface area contributed by atoms with Crippen LogP contribution in [0.4, 0.5) is 11.6 Å². The zero-order valence-electron chi connectivity index (χ0n) is 14.6. The van der Waals surface area contributed by atoms with E-state index in [4.69, 9.17) is 5.11 Å². The Bertz CT molecular complexity index is 996. The molecule has 2 heterocycles. The van der Waals surface area contributed by atoms with Gasteiger partial charge < -0.3 is 15.5 Å². The molecular weight excluding hydrogens is 364 g/mol. The number of anilines is 2. The number of benzene rings is 1. The van der Waals surface area contributed by atoms with E-state index in [2.05, 4.69) is 26.3 Å². The third kappa shape index (κ3) is 3.54. The van der Waals surface area contributed by atoms with Gasteiger partial charge in [-0.2, -0.15) is 0 Å². The van der Waals surface area contributed by atoms with Gasteiger partial charge in [0.2, 0.25) is 5.95 Å². The monoisotopic (exact) mass is 382 g/mol. The van der Waals surface area contributed by atoms with Crippen LogP contribution in [0.5, 0.6) is 0 Å². The molecule has 27 heavy (non-hydrogen) atoms. The van der Waals surface area contributed by atoms with Gasteiger partial charge in [-0.15, -0.1) is 11.3 Å². The maximum Gasteiger partial charge on any atom is 0.338 e. The molecule has 1 saturated carbocycles. The van der Waals surface area contributed by atoms with E-state index in [1.807, 2.05) is 19.1 Å². The molecule has 1 aliphatic rings. The Hall–Kier alpha value is -2.84. The number of hydrogen-bond donors (Lipinski definition) is 3. The lowest BCUT2D eigenvalue weighted by atomic mass is 9.81. The predicted molar refractivity (Wildman–Crippen MR) is 102 cm³/mol. The zero-order valence-corrected chi connectivity index (χ0v) is 15.5. The molecule has 8 heteroatoms. The van der Waals surface area contributed by atoms with E-state index in [1.54, 1.807) is 6.20 Å². The van der Waals surface area contributed by atoms with Crippen LogP contribution in [0.2, 0.25) is 0 Å². The number of aryl methyl sites for hydroxylation is 1. The molecule has 0 bridgehead atoms. The summed E-state index contributed by atoms with van der Waals surface area (Å²) in [6.07, 6.45) is 6.90. The molecule has 0 atom stereocenters. The number of aliphatic hydroxyl groups is 1. The highest BCUT2D eigenvalue weighted by atomic mass is 32.1. The highest BCUT2D eigenvalue weighted by Gasteiger charge is 2.39. The summed E-state index contributed by atoms with van der Waals surface area (Å²) < 4.78 is 0. The van der Waals surface area contributed by atoms with Crippen molar-refractivity contribution in [2.24, 2.45) is 0 Å². The van der Waals surface area contributed by atoms with Crippen LogP contribution >= 0.6 is 11.3 Å². The van der Waals surface area contributed by atoms with Crippen molar-refractivity contribution in [1.29, 1.82) is 0 Å². The molecule has 1 aliphatic carbocycles. The summed E-state index contributed by atoms with van der Waals surface area (Å²) in [7, 11) is 0. The average molecular weight is 382 g/mol. The smallest absolute Gasteiger partial charge is 0.338 e. The minimum atomic E-state index is -1.06. The topological polar surface area (TPSA) is 108 Å². The molecule has 0 saturated heterocycles. The lowest BCUT2D eigenvalue weighted by Crippen LogP contribution is -2.33. The number of hydrogen-bond acceptors (Lipinski definition) is 7. The number of nitrogens with one attached hydrogen (secondary N) is 1. The molecule has 7 nitrogen and oxygen atoms in total. The summed E-state index contributed by atoms with van der Waals surface area (Å²) in [6, 6.07) is 5.98. The number of rotatable bonds is 5. The molecule has 4 rings (SSSR count). The second kappa shape index (κ2) is 6.71. The van der Waals surface area contributed by atoms with Crippen molar-refractivity contribution in [2.75, 3.05) is 5.32 Å². The normalized spacial score (nSPS) is 15.2. The van der Waals surface area contributed by atoms with Crippen LogP contribution in [0.15, 0.2) is 36.8 Å². The Morgan fingerprint density at radius 3 is 2.52 bits per heavy atom. The van der Waals surface area contributed by atoms with Crippen molar-refractivity contribution in [1.82, 2.24) is 15.0 Å². The summed E-state index contributed by atoms with van der Waals surface area (Å²) in [5.41, 5.74) is 2.12. The number of carboxylic acids is 1. The van der Waals surface area contributed by atoms with Crippen LogP contribution in [-0.4, -0.2) is 31.1 Å². The first-order valence-corrected chi connectivity index (χ1v) is 9.38. The van der Waals surface area contributed by atoms with Gasteiger partial charge in [0, 0.05) is 24.3 Å². The first-order chi connectivity index (χ1) is 12.9. The first-order valence-electron chi connectivity index (χ1n) is 8.56. The Balaban J connectivity index is 1.59. The van der Waals surface area contributed by atoms with Crippen molar-refractivity contribution in [3.8, 4) is 10.4 Å². The van der Waals surface area contributed by atoms with Crippen molar-refractivity contribution < 1.29 is 15.0 Å². The molecule has 3 aromatic rings. The quantitative estimate of drug-likeness (QED) is 0.617. The first kappa shape index (κ1) is 17.6. The summed E-state index contributed by atoms with van der Waals surface area (Å²) in [6.45, 7) is 1.99. The van der Waals surface area contributed by atoms with Gasteiger partial charge in [0.25, 0.3) is 0 Å². The van der Waals surface area contributed by atoms with E-state index in [1.165, 1.54) is 23.7 Å².